The van der Waals surface area contributed by atoms with Gasteiger partial charge < -0.3 is 15.2 Å². The Bertz CT molecular complexity index is 586. The van der Waals surface area contributed by atoms with Crippen LogP contribution in [0, 0.1) is 0 Å². The molecule has 0 saturated heterocycles. The lowest BCUT2D eigenvalue weighted by Crippen LogP contribution is -2.18. The van der Waals surface area contributed by atoms with Gasteiger partial charge in [-0.1, -0.05) is 35.9 Å². The van der Waals surface area contributed by atoms with Crippen LogP contribution in [0.5, 0.6) is 11.5 Å². The van der Waals surface area contributed by atoms with E-state index in [-0.39, 0.29) is 11.8 Å². The Kier molecular flexibility index (Phi) is 4.88. The van der Waals surface area contributed by atoms with Crippen molar-refractivity contribution in [1.82, 2.24) is 5.32 Å². The summed E-state index contributed by atoms with van der Waals surface area (Å²) in [6.07, 6.45) is 0. The number of hydrogen-bond donors (Lipinski definition) is 2. The molecule has 2 rings (SSSR count). The molecule has 0 aliphatic carbocycles. The standard InChI is InChI=1S/C16H18ClNO2/c1-11(14-5-3-4-6-15(14)17)18-10-12-7-8-13(20-2)9-16(12)19/h3-9,11,18-19H,10H2,1-2H3. The highest BCUT2D eigenvalue weighted by molar-refractivity contribution is 6.31. The van der Waals surface area contributed by atoms with E-state index in [1.165, 1.54) is 0 Å². The Morgan fingerprint density at radius 2 is 2.00 bits per heavy atom. The van der Waals surface area contributed by atoms with Crippen LogP contribution < -0.4 is 10.1 Å². The molecule has 0 fully saturated rings. The number of benzene rings is 2. The fourth-order valence-electron chi connectivity index (χ4n) is 2.02. The summed E-state index contributed by atoms with van der Waals surface area (Å²) in [4.78, 5) is 0. The minimum absolute atomic E-state index is 0.102. The van der Waals surface area contributed by atoms with Crippen molar-refractivity contribution in [2.24, 2.45) is 0 Å². The van der Waals surface area contributed by atoms with Gasteiger partial charge in [-0.05, 0) is 24.6 Å². The van der Waals surface area contributed by atoms with Crippen LogP contribution in [0.25, 0.3) is 0 Å². The van der Waals surface area contributed by atoms with Gasteiger partial charge in [0, 0.05) is 29.2 Å². The number of rotatable bonds is 5. The van der Waals surface area contributed by atoms with Crippen LogP contribution in [-0.2, 0) is 6.54 Å². The molecular weight excluding hydrogens is 274 g/mol. The number of ether oxygens (including phenoxy) is 1. The summed E-state index contributed by atoms with van der Waals surface area (Å²) in [5.74, 6) is 0.869. The molecular formula is C16H18ClNO2. The maximum absolute atomic E-state index is 9.91. The molecule has 0 aromatic heterocycles. The van der Waals surface area contributed by atoms with Crippen LogP contribution in [0.1, 0.15) is 24.1 Å². The van der Waals surface area contributed by atoms with Crippen molar-refractivity contribution in [2.75, 3.05) is 7.11 Å². The number of halogens is 1. The maximum atomic E-state index is 9.91. The van der Waals surface area contributed by atoms with Crippen molar-refractivity contribution < 1.29 is 9.84 Å². The summed E-state index contributed by atoms with van der Waals surface area (Å²) < 4.78 is 5.06. The highest BCUT2D eigenvalue weighted by Crippen LogP contribution is 2.25. The predicted molar refractivity (Wildman–Crippen MR) is 81.4 cm³/mol. The van der Waals surface area contributed by atoms with Crippen molar-refractivity contribution >= 4 is 11.6 Å². The molecule has 2 N–H and O–H groups in total. The van der Waals surface area contributed by atoms with Crippen LogP contribution in [0.4, 0.5) is 0 Å². The minimum Gasteiger partial charge on any atom is -0.507 e. The third kappa shape index (κ3) is 3.44. The number of nitrogens with one attached hydrogen (secondary N) is 1. The highest BCUT2D eigenvalue weighted by atomic mass is 35.5. The van der Waals surface area contributed by atoms with E-state index >= 15 is 0 Å². The average Bonchev–Trinajstić information content (AvgIpc) is 2.46. The molecule has 0 aliphatic rings. The molecule has 2 aromatic rings. The quantitative estimate of drug-likeness (QED) is 0.878. The zero-order chi connectivity index (χ0) is 14.5. The van der Waals surface area contributed by atoms with E-state index in [0.717, 1.165) is 16.1 Å². The van der Waals surface area contributed by atoms with Crippen molar-refractivity contribution in [1.29, 1.82) is 0 Å². The molecule has 0 saturated carbocycles. The number of hydrogen-bond acceptors (Lipinski definition) is 3. The molecule has 1 atom stereocenters. The lowest BCUT2D eigenvalue weighted by atomic mass is 10.1. The Labute approximate surface area is 124 Å². The van der Waals surface area contributed by atoms with Crippen LogP contribution in [0.3, 0.4) is 0 Å². The van der Waals surface area contributed by atoms with Crippen LogP contribution in [0.15, 0.2) is 42.5 Å². The van der Waals surface area contributed by atoms with Crippen LogP contribution >= 0.6 is 11.6 Å². The smallest absolute Gasteiger partial charge is 0.123 e. The second kappa shape index (κ2) is 6.64. The summed E-state index contributed by atoms with van der Waals surface area (Å²) in [5, 5.41) is 14.0. The summed E-state index contributed by atoms with van der Waals surface area (Å²) in [6, 6.07) is 13.1. The van der Waals surface area contributed by atoms with Crippen molar-refractivity contribution in [3.63, 3.8) is 0 Å². The third-order valence-electron chi connectivity index (χ3n) is 3.26. The van der Waals surface area contributed by atoms with Crippen LogP contribution in [-0.4, -0.2) is 12.2 Å². The lowest BCUT2D eigenvalue weighted by Gasteiger charge is -2.16. The van der Waals surface area contributed by atoms with Gasteiger partial charge in [-0.25, -0.2) is 0 Å². The molecule has 0 radical (unpaired) electrons. The lowest BCUT2D eigenvalue weighted by molar-refractivity contribution is 0.405. The van der Waals surface area contributed by atoms with Gasteiger partial charge in [-0.3, -0.25) is 0 Å². The Hall–Kier alpha value is -1.71. The van der Waals surface area contributed by atoms with E-state index in [4.69, 9.17) is 16.3 Å². The molecule has 0 heterocycles. The van der Waals surface area contributed by atoms with E-state index < -0.39 is 0 Å². The molecule has 3 nitrogen and oxygen atoms in total. The first-order valence-corrected chi connectivity index (χ1v) is 6.83. The normalized spacial score (nSPS) is 12.2. The van der Waals surface area contributed by atoms with Gasteiger partial charge >= 0.3 is 0 Å². The molecule has 4 heteroatoms. The van der Waals surface area contributed by atoms with Gasteiger partial charge in [0.2, 0.25) is 0 Å². The van der Waals surface area contributed by atoms with Gasteiger partial charge in [0.05, 0.1) is 7.11 Å². The fraction of sp³-hybridized carbons (Fsp3) is 0.250. The zero-order valence-electron chi connectivity index (χ0n) is 11.6. The maximum Gasteiger partial charge on any atom is 0.123 e. The van der Waals surface area contributed by atoms with E-state index in [1.807, 2.05) is 43.3 Å². The van der Waals surface area contributed by atoms with Gasteiger partial charge in [0.1, 0.15) is 11.5 Å². The molecule has 0 aliphatic heterocycles. The first-order valence-electron chi connectivity index (χ1n) is 6.45. The fourth-order valence-corrected chi connectivity index (χ4v) is 2.32. The first-order chi connectivity index (χ1) is 9.61. The Morgan fingerprint density at radius 3 is 2.65 bits per heavy atom. The second-order valence-electron chi connectivity index (χ2n) is 4.62. The van der Waals surface area contributed by atoms with E-state index in [9.17, 15) is 5.11 Å². The largest absolute Gasteiger partial charge is 0.507 e. The monoisotopic (exact) mass is 291 g/mol. The molecule has 0 bridgehead atoms. The zero-order valence-corrected chi connectivity index (χ0v) is 12.3. The molecule has 20 heavy (non-hydrogen) atoms. The Balaban J connectivity index is 2.04. The second-order valence-corrected chi connectivity index (χ2v) is 5.03. The van der Waals surface area contributed by atoms with Crippen LogP contribution in [0.2, 0.25) is 5.02 Å². The summed E-state index contributed by atoms with van der Waals surface area (Å²) >= 11 is 6.17. The number of methoxy groups -OCH3 is 1. The number of phenolic OH excluding ortho intramolecular Hbond substituents is 1. The van der Waals surface area contributed by atoms with Crippen molar-refractivity contribution in [2.45, 2.75) is 19.5 Å². The van der Waals surface area contributed by atoms with Gasteiger partial charge in [0.15, 0.2) is 0 Å². The molecule has 2 aromatic carbocycles. The Morgan fingerprint density at radius 1 is 1.25 bits per heavy atom. The van der Waals surface area contributed by atoms with E-state index in [2.05, 4.69) is 5.32 Å². The van der Waals surface area contributed by atoms with Gasteiger partial charge in [-0.15, -0.1) is 0 Å². The number of aromatic hydroxyl groups is 1. The van der Waals surface area contributed by atoms with E-state index in [1.54, 1.807) is 13.2 Å². The SMILES string of the molecule is COc1ccc(CNC(C)c2ccccc2Cl)c(O)c1. The number of phenols is 1. The van der Waals surface area contributed by atoms with Crippen molar-refractivity contribution in [3.05, 3.63) is 58.6 Å². The first kappa shape index (κ1) is 14.7. The molecule has 1 unspecified atom stereocenters. The minimum atomic E-state index is 0.102. The van der Waals surface area contributed by atoms with Gasteiger partial charge in [0.25, 0.3) is 0 Å². The topological polar surface area (TPSA) is 41.5 Å². The van der Waals surface area contributed by atoms with E-state index in [0.29, 0.717) is 12.3 Å². The molecule has 0 spiro atoms. The van der Waals surface area contributed by atoms with Crippen molar-refractivity contribution in [3.8, 4) is 11.5 Å². The summed E-state index contributed by atoms with van der Waals surface area (Å²) in [7, 11) is 1.58. The predicted octanol–water partition coefficient (Wildman–Crippen LogP) is 3.91. The molecule has 106 valence electrons. The molecule has 0 amide bonds. The summed E-state index contributed by atoms with van der Waals surface area (Å²) in [5.41, 5.74) is 1.87. The third-order valence-corrected chi connectivity index (χ3v) is 3.61. The average molecular weight is 292 g/mol. The summed E-state index contributed by atoms with van der Waals surface area (Å²) in [6.45, 7) is 2.60. The highest BCUT2D eigenvalue weighted by Gasteiger charge is 2.10. The van der Waals surface area contributed by atoms with Gasteiger partial charge in [-0.2, -0.15) is 0 Å².